The van der Waals surface area contributed by atoms with Gasteiger partial charge in [0.05, 0.1) is 10.6 Å². The van der Waals surface area contributed by atoms with E-state index in [4.69, 9.17) is 16.7 Å². The van der Waals surface area contributed by atoms with Crippen LogP contribution in [0.4, 0.5) is 30.7 Å². The second kappa shape index (κ2) is 13.4. The molecule has 4 nitrogen and oxygen atoms in total. The van der Waals surface area contributed by atoms with Crippen LogP contribution in [-0.2, 0) is 6.18 Å². The summed E-state index contributed by atoms with van der Waals surface area (Å²) in [6.07, 6.45) is -8.33. The molecule has 0 aliphatic carbocycles. The molecule has 2 aromatic heterocycles. The second-order valence-electron chi connectivity index (χ2n) is 7.16. The van der Waals surface area contributed by atoms with E-state index in [-0.39, 0.29) is 5.56 Å². The van der Waals surface area contributed by atoms with Gasteiger partial charge in [0.25, 0.3) is 0 Å². The zero-order valence-corrected chi connectivity index (χ0v) is 19.3. The Morgan fingerprint density at radius 1 is 1.00 bits per heavy atom. The Morgan fingerprint density at radius 3 is 2.03 bits per heavy atom. The molecule has 0 saturated carbocycles. The average molecular weight is 526 g/mol. The minimum atomic E-state index is -4.58. The van der Waals surface area contributed by atoms with E-state index in [1.54, 1.807) is 25.3 Å². The van der Waals surface area contributed by atoms with Crippen LogP contribution < -0.4 is 5.73 Å². The van der Waals surface area contributed by atoms with E-state index in [9.17, 15) is 30.7 Å². The van der Waals surface area contributed by atoms with E-state index in [0.717, 1.165) is 17.8 Å². The number of aryl methyl sites for hydroxylation is 1. The molecule has 1 aromatic carbocycles. The van der Waals surface area contributed by atoms with E-state index in [0.29, 0.717) is 16.8 Å². The SMILES string of the molecule is C[C@@H](c1cc(F)cc(C(F)(F)F)c1)c1ccc(Cl)cn1.Cc1ccccn1.NCC(O)C(F)(F)F. The lowest BCUT2D eigenvalue weighted by atomic mass is 9.95. The highest BCUT2D eigenvalue weighted by atomic mass is 35.5. The minimum Gasteiger partial charge on any atom is -0.382 e. The Labute approximate surface area is 202 Å². The van der Waals surface area contributed by atoms with Crippen LogP contribution in [0, 0.1) is 12.7 Å². The number of halogens is 8. The Kier molecular flexibility index (Phi) is 11.6. The zero-order chi connectivity index (χ0) is 26.8. The molecule has 0 bridgehead atoms. The Hall–Kier alpha value is -2.76. The number of hydrogen-bond acceptors (Lipinski definition) is 4. The number of benzene rings is 1. The van der Waals surface area contributed by atoms with Gasteiger partial charge >= 0.3 is 12.4 Å². The van der Waals surface area contributed by atoms with Gasteiger partial charge in [-0.3, -0.25) is 9.97 Å². The van der Waals surface area contributed by atoms with Crippen molar-refractivity contribution in [1.82, 2.24) is 9.97 Å². The van der Waals surface area contributed by atoms with Gasteiger partial charge in [-0.1, -0.05) is 24.6 Å². The number of pyridine rings is 2. The number of aromatic nitrogens is 2. The zero-order valence-electron chi connectivity index (χ0n) is 18.6. The summed E-state index contributed by atoms with van der Waals surface area (Å²) in [5, 5.41) is 8.37. The molecule has 0 aliphatic heterocycles. The van der Waals surface area contributed by atoms with Gasteiger partial charge in [0.15, 0.2) is 6.10 Å². The van der Waals surface area contributed by atoms with Crippen LogP contribution in [0.15, 0.2) is 60.9 Å². The molecule has 12 heteroatoms. The van der Waals surface area contributed by atoms with Gasteiger partial charge in [0.2, 0.25) is 0 Å². The topological polar surface area (TPSA) is 72.0 Å². The Bertz CT molecular complexity index is 1030. The van der Waals surface area contributed by atoms with Crippen molar-refractivity contribution >= 4 is 11.6 Å². The maximum absolute atomic E-state index is 13.4. The highest BCUT2D eigenvalue weighted by Crippen LogP contribution is 2.33. The van der Waals surface area contributed by atoms with Gasteiger partial charge in [0, 0.05) is 36.2 Å². The summed E-state index contributed by atoms with van der Waals surface area (Å²) >= 11 is 5.70. The van der Waals surface area contributed by atoms with Crippen molar-refractivity contribution in [3.05, 3.63) is 94.3 Å². The summed E-state index contributed by atoms with van der Waals surface area (Å²) in [4.78, 5) is 8.02. The van der Waals surface area contributed by atoms with Crippen LogP contribution >= 0.6 is 11.6 Å². The third kappa shape index (κ3) is 11.0. The molecule has 3 N–H and O–H groups in total. The number of aliphatic hydroxyl groups excluding tert-OH is 1. The summed E-state index contributed by atoms with van der Waals surface area (Å²) in [6, 6.07) is 11.5. The lowest BCUT2D eigenvalue weighted by Crippen LogP contribution is -2.35. The van der Waals surface area contributed by atoms with Gasteiger partial charge in [-0.15, -0.1) is 0 Å². The number of hydrogen-bond donors (Lipinski definition) is 2. The van der Waals surface area contributed by atoms with Crippen LogP contribution in [0.5, 0.6) is 0 Å². The van der Waals surface area contributed by atoms with Gasteiger partial charge < -0.3 is 10.8 Å². The highest BCUT2D eigenvalue weighted by Gasteiger charge is 2.36. The Morgan fingerprint density at radius 2 is 1.66 bits per heavy atom. The molecule has 3 aromatic rings. The fourth-order valence-corrected chi connectivity index (χ4v) is 2.53. The minimum absolute atomic E-state index is 0.215. The molecule has 0 amide bonds. The summed E-state index contributed by atoms with van der Waals surface area (Å²) in [7, 11) is 0. The second-order valence-corrected chi connectivity index (χ2v) is 7.59. The summed E-state index contributed by atoms with van der Waals surface area (Å²) in [5.41, 5.74) is 5.29. The van der Waals surface area contributed by atoms with Gasteiger partial charge in [0.1, 0.15) is 5.82 Å². The van der Waals surface area contributed by atoms with E-state index in [1.807, 2.05) is 25.1 Å². The van der Waals surface area contributed by atoms with Crippen molar-refractivity contribution in [2.24, 2.45) is 5.73 Å². The normalized spacial score (nSPS) is 13.0. The van der Waals surface area contributed by atoms with E-state index >= 15 is 0 Å². The van der Waals surface area contributed by atoms with E-state index < -0.39 is 42.3 Å². The van der Waals surface area contributed by atoms with Crippen LogP contribution in [0.1, 0.15) is 35.4 Å². The quantitative estimate of drug-likeness (QED) is 0.393. The molecule has 0 fully saturated rings. The van der Waals surface area contributed by atoms with Crippen molar-refractivity contribution in [2.45, 2.75) is 38.2 Å². The van der Waals surface area contributed by atoms with Crippen molar-refractivity contribution < 1.29 is 35.8 Å². The van der Waals surface area contributed by atoms with Crippen LogP contribution in [0.2, 0.25) is 5.02 Å². The van der Waals surface area contributed by atoms with Gasteiger partial charge in [-0.2, -0.15) is 26.3 Å². The lowest BCUT2D eigenvalue weighted by molar-refractivity contribution is -0.200. The third-order valence-corrected chi connectivity index (χ3v) is 4.58. The molecule has 0 radical (unpaired) electrons. The van der Waals surface area contributed by atoms with Crippen molar-refractivity contribution in [1.29, 1.82) is 0 Å². The molecule has 2 atom stereocenters. The number of nitrogens with two attached hydrogens (primary N) is 1. The van der Waals surface area contributed by atoms with E-state index in [1.165, 1.54) is 6.20 Å². The molecule has 1 unspecified atom stereocenters. The number of aliphatic hydroxyl groups is 1. The monoisotopic (exact) mass is 525 g/mol. The maximum atomic E-state index is 13.4. The first-order valence-corrected chi connectivity index (χ1v) is 10.3. The molecule has 2 heterocycles. The van der Waals surface area contributed by atoms with E-state index in [2.05, 4.69) is 15.7 Å². The van der Waals surface area contributed by atoms with Crippen LogP contribution in [0.25, 0.3) is 0 Å². The van der Waals surface area contributed by atoms with Gasteiger partial charge in [-0.25, -0.2) is 4.39 Å². The predicted molar refractivity (Wildman–Crippen MR) is 118 cm³/mol. The predicted octanol–water partition coefficient (Wildman–Crippen LogP) is 6.30. The highest BCUT2D eigenvalue weighted by molar-refractivity contribution is 6.30. The summed E-state index contributed by atoms with van der Waals surface area (Å²) in [5.74, 6) is -1.39. The fourth-order valence-electron chi connectivity index (χ4n) is 2.42. The smallest absolute Gasteiger partial charge is 0.382 e. The summed E-state index contributed by atoms with van der Waals surface area (Å²) < 4.78 is 84.7. The molecular formula is C23H23ClF7N3O. The molecule has 0 aliphatic rings. The van der Waals surface area contributed by atoms with Crippen LogP contribution in [0.3, 0.4) is 0 Å². The average Bonchev–Trinajstić information content (AvgIpc) is 2.78. The number of rotatable bonds is 3. The molecule has 35 heavy (non-hydrogen) atoms. The number of alkyl halides is 6. The standard InChI is InChI=1S/C14H10ClF4N.C6H7N.C3H6F3NO/c1-8(13-3-2-11(15)7-20-13)9-4-10(14(17,18)19)6-12(16)5-9;1-6-4-2-3-5-7-6;4-3(5,6)2(8)1-7/h2-8H,1H3;2-5H,1H3;2,8H,1,7H2/t8-;;/m0../s1. The molecule has 0 spiro atoms. The molecular weight excluding hydrogens is 503 g/mol. The third-order valence-electron chi connectivity index (χ3n) is 4.36. The Balaban J connectivity index is 0.000000334. The molecule has 192 valence electrons. The van der Waals surface area contributed by atoms with Gasteiger partial charge in [-0.05, 0) is 55.0 Å². The summed E-state index contributed by atoms with van der Waals surface area (Å²) in [6.45, 7) is 2.86. The molecule has 3 rings (SSSR count). The molecule has 0 saturated heterocycles. The fraction of sp³-hybridized carbons (Fsp3) is 0.304. The van der Waals surface area contributed by atoms with Crippen molar-refractivity contribution in [3.8, 4) is 0 Å². The van der Waals surface area contributed by atoms with Crippen molar-refractivity contribution in [3.63, 3.8) is 0 Å². The first-order valence-electron chi connectivity index (χ1n) is 9.96. The van der Waals surface area contributed by atoms with Crippen LogP contribution in [-0.4, -0.2) is 33.9 Å². The largest absolute Gasteiger partial charge is 0.416 e. The first-order chi connectivity index (χ1) is 16.1. The maximum Gasteiger partial charge on any atom is 0.416 e. The number of nitrogens with zero attached hydrogens (tertiary/aromatic N) is 2. The lowest BCUT2D eigenvalue weighted by Gasteiger charge is -2.14. The van der Waals surface area contributed by atoms with Crippen molar-refractivity contribution in [2.75, 3.05) is 6.54 Å². The first kappa shape index (κ1) is 30.3.